The van der Waals surface area contributed by atoms with Gasteiger partial charge in [0.05, 0.1) is 17.6 Å². The summed E-state index contributed by atoms with van der Waals surface area (Å²) >= 11 is 0. The van der Waals surface area contributed by atoms with E-state index in [2.05, 4.69) is 10.3 Å². The van der Waals surface area contributed by atoms with Gasteiger partial charge in [0.25, 0.3) is 5.91 Å². The van der Waals surface area contributed by atoms with Gasteiger partial charge in [-0.1, -0.05) is 30.3 Å². The summed E-state index contributed by atoms with van der Waals surface area (Å²) in [5.41, 5.74) is 3.69. The van der Waals surface area contributed by atoms with E-state index in [-0.39, 0.29) is 5.91 Å². The van der Waals surface area contributed by atoms with Gasteiger partial charge >= 0.3 is 0 Å². The lowest BCUT2D eigenvalue weighted by molar-refractivity contribution is 0.0949. The van der Waals surface area contributed by atoms with Crippen LogP contribution in [0.4, 0.5) is 0 Å². The SMILES string of the molecule is Cc1ccccc1C(=O)NCc1nc2ccccc2n1C. The molecule has 1 heterocycles. The summed E-state index contributed by atoms with van der Waals surface area (Å²) in [6.07, 6.45) is 0. The van der Waals surface area contributed by atoms with E-state index in [1.807, 2.05) is 67.1 Å². The molecule has 1 N–H and O–H groups in total. The van der Waals surface area contributed by atoms with Crippen molar-refractivity contribution in [1.29, 1.82) is 0 Å². The van der Waals surface area contributed by atoms with Crippen LogP contribution in [0.25, 0.3) is 11.0 Å². The van der Waals surface area contributed by atoms with Crippen LogP contribution >= 0.6 is 0 Å². The van der Waals surface area contributed by atoms with Crippen LogP contribution in [0.15, 0.2) is 48.5 Å². The standard InChI is InChI=1S/C17H17N3O/c1-12-7-3-4-8-13(12)17(21)18-11-16-19-14-9-5-6-10-15(14)20(16)2/h3-10H,11H2,1-2H3,(H,18,21). The van der Waals surface area contributed by atoms with Crippen molar-refractivity contribution < 1.29 is 4.79 Å². The number of nitrogens with one attached hydrogen (secondary N) is 1. The van der Waals surface area contributed by atoms with Crippen molar-refractivity contribution in [3.05, 3.63) is 65.5 Å². The van der Waals surface area contributed by atoms with Crippen LogP contribution < -0.4 is 5.32 Å². The molecule has 0 unspecified atom stereocenters. The molecule has 0 radical (unpaired) electrons. The average molecular weight is 279 g/mol. The maximum Gasteiger partial charge on any atom is 0.251 e. The molecule has 0 fully saturated rings. The lowest BCUT2D eigenvalue weighted by Gasteiger charge is -2.07. The van der Waals surface area contributed by atoms with E-state index in [0.717, 1.165) is 22.4 Å². The van der Waals surface area contributed by atoms with Crippen molar-refractivity contribution in [2.24, 2.45) is 7.05 Å². The minimum absolute atomic E-state index is 0.0693. The monoisotopic (exact) mass is 279 g/mol. The number of benzene rings is 2. The molecule has 0 atom stereocenters. The summed E-state index contributed by atoms with van der Waals surface area (Å²) < 4.78 is 2.01. The molecular formula is C17H17N3O. The van der Waals surface area contributed by atoms with Crippen molar-refractivity contribution in [3.8, 4) is 0 Å². The first-order valence-corrected chi connectivity index (χ1v) is 6.91. The van der Waals surface area contributed by atoms with Gasteiger partial charge in [-0.25, -0.2) is 4.98 Å². The average Bonchev–Trinajstić information content (AvgIpc) is 2.82. The molecule has 0 aliphatic carbocycles. The highest BCUT2D eigenvalue weighted by Gasteiger charge is 2.11. The fraction of sp³-hybridized carbons (Fsp3) is 0.176. The zero-order valence-corrected chi connectivity index (χ0v) is 12.1. The van der Waals surface area contributed by atoms with E-state index < -0.39 is 0 Å². The van der Waals surface area contributed by atoms with Crippen molar-refractivity contribution in [1.82, 2.24) is 14.9 Å². The van der Waals surface area contributed by atoms with Crippen LogP contribution in [0, 0.1) is 6.92 Å². The third-order valence-electron chi connectivity index (χ3n) is 3.68. The minimum atomic E-state index is -0.0693. The summed E-state index contributed by atoms with van der Waals surface area (Å²) in [6, 6.07) is 15.5. The Kier molecular flexibility index (Phi) is 3.44. The van der Waals surface area contributed by atoms with E-state index in [9.17, 15) is 4.79 Å². The van der Waals surface area contributed by atoms with Gasteiger partial charge in [0.1, 0.15) is 5.82 Å². The Morgan fingerprint density at radius 2 is 1.86 bits per heavy atom. The molecule has 4 heteroatoms. The Labute approximate surface area is 123 Å². The number of nitrogens with zero attached hydrogens (tertiary/aromatic N) is 2. The Morgan fingerprint density at radius 3 is 2.62 bits per heavy atom. The van der Waals surface area contributed by atoms with E-state index in [0.29, 0.717) is 12.1 Å². The molecule has 0 saturated carbocycles. The maximum atomic E-state index is 12.2. The summed E-state index contributed by atoms with van der Waals surface area (Å²) in [5, 5.41) is 2.94. The molecule has 1 amide bonds. The number of carbonyl (C=O) groups excluding carboxylic acids is 1. The lowest BCUT2D eigenvalue weighted by Crippen LogP contribution is -2.25. The summed E-state index contributed by atoms with van der Waals surface area (Å²) in [5.74, 6) is 0.776. The quantitative estimate of drug-likeness (QED) is 0.801. The fourth-order valence-electron chi connectivity index (χ4n) is 2.44. The fourth-order valence-corrected chi connectivity index (χ4v) is 2.44. The number of aryl methyl sites for hydroxylation is 2. The molecular weight excluding hydrogens is 262 g/mol. The number of para-hydroxylation sites is 2. The van der Waals surface area contributed by atoms with Gasteiger partial charge < -0.3 is 9.88 Å². The van der Waals surface area contributed by atoms with Crippen molar-refractivity contribution >= 4 is 16.9 Å². The number of carbonyl (C=O) groups is 1. The minimum Gasteiger partial charge on any atom is -0.345 e. The molecule has 106 valence electrons. The summed E-state index contributed by atoms with van der Waals surface area (Å²) in [7, 11) is 1.96. The Balaban J connectivity index is 1.79. The molecule has 0 aliphatic rings. The van der Waals surface area contributed by atoms with Gasteiger partial charge in [0.2, 0.25) is 0 Å². The number of hydrogen-bond donors (Lipinski definition) is 1. The van der Waals surface area contributed by atoms with Crippen LogP contribution in [-0.2, 0) is 13.6 Å². The highest BCUT2D eigenvalue weighted by molar-refractivity contribution is 5.95. The van der Waals surface area contributed by atoms with Gasteiger partial charge in [-0.3, -0.25) is 4.79 Å². The second-order valence-corrected chi connectivity index (χ2v) is 5.07. The van der Waals surface area contributed by atoms with Crippen molar-refractivity contribution in [2.75, 3.05) is 0 Å². The first-order valence-electron chi connectivity index (χ1n) is 6.91. The number of imidazole rings is 1. The highest BCUT2D eigenvalue weighted by Crippen LogP contribution is 2.14. The summed E-state index contributed by atoms with van der Waals surface area (Å²) in [4.78, 5) is 16.8. The van der Waals surface area contributed by atoms with Gasteiger partial charge in [-0.15, -0.1) is 0 Å². The number of fused-ring (bicyclic) bond motifs is 1. The molecule has 1 aromatic heterocycles. The molecule has 2 aromatic carbocycles. The lowest BCUT2D eigenvalue weighted by atomic mass is 10.1. The largest absolute Gasteiger partial charge is 0.345 e. The Morgan fingerprint density at radius 1 is 1.14 bits per heavy atom. The van der Waals surface area contributed by atoms with Crippen molar-refractivity contribution in [3.63, 3.8) is 0 Å². The third-order valence-corrected chi connectivity index (χ3v) is 3.68. The third kappa shape index (κ3) is 2.52. The molecule has 21 heavy (non-hydrogen) atoms. The molecule has 0 aliphatic heterocycles. The van der Waals surface area contributed by atoms with Crippen LogP contribution in [0.3, 0.4) is 0 Å². The van der Waals surface area contributed by atoms with Crippen LogP contribution in [0.2, 0.25) is 0 Å². The molecule has 3 aromatic rings. The van der Waals surface area contributed by atoms with Gasteiger partial charge in [-0.05, 0) is 30.7 Å². The van der Waals surface area contributed by atoms with Crippen molar-refractivity contribution in [2.45, 2.75) is 13.5 Å². The molecule has 3 rings (SSSR count). The van der Waals surface area contributed by atoms with Crippen LogP contribution in [0.5, 0.6) is 0 Å². The predicted octanol–water partition coefficient (Wildman–Crippen LogP) is 2.81. The van der Waals surface area contributed by atoms with Crippen LogP contribution in [-0.4, -0.2) is 15.5 Å². The molecule has 0 spiro atoms. The zero-order chi connectivity index (χ0) is 14.8. The second kappa shape index (κ2) is 5.40. The Bertz CT molecular complexity index is 805. The number of hydrogen-bond acceptors (Lipinski definition) is 2. The normalized spacial score (nSPS) is 10.8. The summed E-state index contributed by atoms with van der Waals surface area (Å²) in [6.45, 7) is 2.35. The second-order valence-electron chi connectivity index (χ2n) is 5.07. The van der Waals surface area contributed by atoms with Gasteiger partial charge in [0.15, 0.2) is 0 Å². The molecule has 0 bridgehead atoms. The molecule has 4 nitrogen and oxygen atoms in total. The van der Waals surface area contributed by atoms with Gasteiger partial charge in [0, 0.05) is 12.6 Å². The number of aromatic nitrogens is 2. The number of rotatable bonds is 3. The predicted molar refractivity (Wildman–Crippen MR) is 83.1 cm³/mol. The van der Waals surface area contributed by atoms with E-state index in [4.69, 9.17) is 0 Å². The topological polar surface area (TPSA) is 46.9 Å². The van der Waals surface area contributed by atoms with Gasteiger partial charge in [-0.2, -0.15) is 0 Å². The smallest absolute Gasteiger partial charge is 0.251 e. The maximum absolute atomic E-state index is 12.2. The van der Waals surface area contributed by atoms with Crippen LogP contribution in [0.1, 0.15) is 21.7 Å². The molecule has 0 saturated heterocycles. The highest BCUT2D eigenvalue weighted by atomic mass is 16.1. The first kappa shape index (κ1) is 13.4. The zero-order valence-electron chi connectivity index (χ0n) is 12.1. The first-order chi connectivity index (χ1) is 10.2. The van der Waals surface area contributed by atoms with E-state index in [1.54, 1.807) is 0 Å². The Hall–Kier alpha value is -2.62. The van der Waals surface area contributed by atoms with E-state index >= 15 is 0 Å². The van der Waals surface area contributed by atoms with E-state index in [1.165, 1.54) is 0 Å². The number of amides is 1.